The van der Waals surface area contributed by atoms with Crippen molar-refractivity contribution in [1.82, 2.24) is 9.55 Å². The van der Waals surface area contributed by atoms with Crippen LogP contribution in [0.25, 0.3) is 21.8 Å². The third-order valence-corrected chi connectivity index (χ3v) is 6.32. The van der Waals surface area contributed by atoms with E-state index in [1.54, 1.807) is 7.11 Å². The molecule has 3 aromatic rings. The van der Waals surface area contributed by atoms with Crippen LogP contribution in [0.1, 0.15) is 5.56 Å². The largest absolute Gasteiger partial charge is 0.494 e. The van der Waals surface area contributed by atoms with Crippen molar-refractivity contribution in [3.05, 3.63) is 30.0 Å². The summed E-state index contributed by atoms with van der Waals surface area (Å²) in [6.45, 7) is 9.41. The zero-order valence-electron chi connectivity index (χ0n) is 13.6. The van der Waals surface area contributed by atoms with E-state index in [4.69, 9.17) is 4.74 Å². The number of para-hydroxylation sites is 1. The lowest BCUT2D eigenvalue weighted by atomic mass is 10.1. The van der Waals surface area contributed by atoms with Gasteiger partial charge in [0.1, 0.15) is 11.3 Å². The van der Waals surface area contributed by atoms with Gasteiger partial charge in [-0.25, -0.2) is 0 Å². The molecule has 0 aliphatic carbocycles. The number of hydrogen-bond donors (Lipinski definition) is 0. The van der Waals surface area contributed by atoms with Crippen LogP contribution in [0.5, 0.6) is 5.75 Å². The topological polar surface area (TPSA) is 27.1 Å². The Balaban J connectivity index is 2.52. The Kier molecular flexibility index (Phi) is 3.09. The molecule has 0 bridgehead atoms. The van der Waals surface area contributed by atoms with Crippen molar-refractivity contribution in [3.8, 4) is 5.75 Å². The monoisotopic (exact) mass is 298 g/mol. The van der Waals surface area contributed by atoms with Crippen LogP contribution in [-0.4, -0.2) is 24.7 Å². The van der Waals surface area contributed by atoms with Crippen molar-refractivity contribution in [2.45, 2.75) is 26.6 Å². The smallest absolute Gasteiger partial charge is 0.145 e. The summed E-state index contributed by atoms with van der Waals surface area (Å²) in [5.41, 5.74) is 3.59. The summed E-state index contributed by atoms with van der Waals surface area (Å²) < 4.78 is 7.83. The molecule has 0 aliphatic rings. The maximum atomic E-state index is 5.46. The van der Waals surface area contributed by atoms with Crippen molar-refractivity contribution < 1.29 is 4.74 Å². The van der Waals surface area contributed by atoms with Crippen LogP contribution in [-0.2, 0) is 7.05 Å². The molecule has 0 amide bonds. The number of ether oxygens (including phenoxy) is 1. The maximum absolute atomic E-state index is 5.46. The number of hydrogen-bond acceptors (Lipinski definition) is 2. The standard InChI is InChI=1S/C17H22N2OSi/c1-11-13-10-18-15-12(8-7-9-14(15)20-3)16(13)19(2)17(11)21(4,5)6/h7-10H,1-6H3. The summed E-state index contributed by atoms with van der Waals surface area (Å²) >= 11 is 0. The molecule has 2 heterocycles. The molecular formula is C17H22N2OSi. The molecular weight excluding hydrogens is 276 g/mol. The highest BCUT2D eigenvalue weighted by Gasteiger charge is 2.26. The van der Waals surface area contributed by atoms with E-state index < -0.39 is 8.07 Å². The van der Waals surface area contributed by atoms with Gasteiger partial charge in [0, 0.05) is 29.3 Å². The number of benzene rings is 1. The first kappa shape index (κ1) is 14.1. The first-order chi connectivity index (χ1) is 9.86. The summed E-state index contributed by atoms with van der Waals surface area (Å²) in [5, 5.41) is 3.92. The SMILES string of the molecule is COc1cccc2c1ncc1c(C)c([Si](C)(C)C)n(C)c12. The van der Waals surface area contributed by atoms with Gasteiger partial charge in [0.25, 0.3) is 0 Å². The molecule has 0 radical (unpaired) electrons. The van der Waals surface area contributed by atoms with Crippen molar-refractivity contribution in [2.24, 2.45) is 7.05 Å². The molecule has 0 aliphatic heterocycles. The first-order valence-corrected chi connectivity index (χ1v) is 10.8. The molecule has 3 nitrogen and oxygen atoms in total. The van der Waals surface area contributed by atoms with Gasteiger partial charge in [0.15, 0.2) is 0 Å². The minimum Gasteiger partial charge on any atom is -0.494 e. The predicted molar refractivity (Wildman–Crippen MR) is 92.5 cm³/mol. The fraction of sp³-hybridized carbons (Fsp3) is 0.353. The van der Waals surface area contributed by atoms with Crippen LogP contribution in [0.15, 0.2) is 24.4 Å². The van der Waals surface area contributed by atoms with Crippen molar-refractivity contribution in [2.75, 3.05) is 7.11 Å². The lowest BCUT2D eigenvalue weighted by molar-refractivity contribution is 0.419. The minimum atomic E-state index is -1.41. The van der Waals surface area contributed by atoms with Gasteiger partial charge in [-0.15, -0.1) is 0 Å². The van der Waals surface area contributed by atoms with E-state index in [9.17, 15) is 0 Å². The van der Waals surface area contributed by atoms with E-state index in [1.807, 2.05) is 18.3 Å². The van der Waals surface area contributed by atoms with Crippen LogP contribution in [0.2, 0.25) is 19.6 Å². The van der Waals surface area contributed by atoms with Gasteiger partial charge in [-0.2, -0.15) is 0 Å². The molecule has 3 rings (SSSR count). The predicted octanol–water partition coefficient (Wildman–Crippen LogP) is 3.59. The second-order valence-corrected chi connectivity index (χ2v) is 11.6. The quantitative estimate of drug-likeness (QED) is 0.676. The van der Waals surface area contributed by atoms with Gasteiger partial charge in [-0.05, 0) is 18.6 Å². The van der Waals surface area contributed by atoms with E-state index in [1.165, 1.54) is 27.2 Å². The van der Waals surface area contributed by atoms with Gasteiger partial charge in [0.2, 0.25) is 0 Å². The normalized spacial score (nSPS) is 12.3. The molecule has 0 fully saturated rings. The Bertz CT molecular complexity index is 843. The van der Waals surface area contributed by atoms with E-state index in [0.717, 1.165) is 11.3 Å². The summed E-state index contributed by atoms with van der Waals surface area (Å²) in [4.78, 5) is 4.65. The fourth-order valence-corrected chi connectivity index (χ4v) is 5.92. The number of rotatable bonds is 2. The molecule has 0 saturated heterocycles. The Morgan fingerprint density at radius 3 is 2.48 bits per heavy atom. The molecule has 0 atom stereocenters. The number of methoxy groups -OCH3 is 1. The fourth-order valence-electron chi connectivity index (χ4n) is 3.54. The van der Waals surface area contributed by atoms with Gasteiger partial charge < -0.3 is 9.30 Å². The van der Waals surface area contributed by atoms with E-state index in [-0.39, 0.29) is 0 Å². The Labute approximate surface area is 126 Å². The van der Waals surface area contributed by atoms with Crippen LogP contribution in [0, 0.1) is 6.92 Å². The van der Waals surface area contributed by atoms with Crippen LogP contribution in [0.3, 0.4) is 0 Å². The van der Waals surface area contributed by atoms with Crippen molar-refractivity contribution in [3.63, 3.8) is 0 Å². The summed E-state index contributed by atoms with van der Waals surface area (Å²) in [5.74, 6) is 0.836. The third-order valence-electron chi connectivity index (χ3n) is 4.19. The zero-order valence-corrected chi connectivity index (χ0v) is 14.6. The second-order valence-electron chi connectivity index (χ2n) is 6.66. The van der Waals surface area contributed by atoms with Gasteiger partial charge >= 0.3 is 0 Å². The Morgan fingerprint density at radius 1 is 1.14 bits per heavy atom. The lowest BCUT2D eigenvalue weighted by Gasteiger charge is -2.19. The number of nitrogens with zero attached hydrogens (tertiary/aromatic N) is 2. The highest BCUT2D eigenvalue weighted by molar-refractivity contribution is 6.88. The molecule has 4 heteroatoms. The average Bonchev–Trinajstić information content (AvgIpc) is 2.69. The third kappa shape index (κ3) is 1.97. The van der Waals surface area contributed by atoms with E-state index in [2.05, 4.69) is 49.2 Å². The number of aromatic nitrogens is 2. The molecule has 2 aromatic heterocycles. The number of fused-ring (bicyclic) bond motifs is 3. The number of aryl methyl sites for hydroxylation is 2. The zero-order chi connectivity index (χ0) is 15.4. The minimum absolute atomic E-state index is 0.836. The van der Waals surface area contributed by atoms with Gasteiger partial charge in [-0.3, -0.25) is 4.98 Å². The van der Waals surface area contributed by atoms with Gasteiger partial charge in [-0.1, -0.05) is 31.8 Å². The van der Waals surface area contributed by atoms with Gasteiger partial charge in [0.05, 0.1) is 20.7 Å². The van der Waals surface area contributed by atoms with Crippen LogP contribution < -0.4 is 10.1 Å². The lowest BCUT2D eigenvalue weighted by Crippen LogP contribution is -2.43. The Morgan fingerprint density at radius 2 is 1.86 bits per heavy atom. The molecule has 0 spiro atoms. The highest BCUT2D eigenvalue weighted by atomic mass is 28.3. The summed E-state index contributed by atoms with van der Waals surface area (Å²) in [7, 11) is 2.47. The first-order valence-electron chi connectivity index (χ1n) is 7.27. The Hall–Kier alpha value is -1.81. The number of pyridine rings is 1. The summed E-state index contributed by atoms with van der Waals surface area (Å²) in [6, 6.07) is 6.15. The van der Waals surface area contributed by atoms with E-state index >= 15 is 0 Å². The average molecular weight is 298 g/mol. The molecule has 0 saturated carbocycles. The molecule has 110 valence electrons. The molecule has 0 unspecified atom stereocenters. The second kappa shape index (κ2) is 4.60. The highest BCUT2D eigenvalue weighted by Crippen LogP contribution is 2.31. The molecule has 1 aromatic carbocycles. The van der Waals surface area contributed by atoms with Crippen molar-refractivity contribution in [1.29, 1.82) is 0 Å². The van der Waals surface area contributed by atoms with Crippen LogP contribution >= 0.6 is 0 Å². The summed E-state index contributed by atoms with van der Waals surface area (Å²) in [6.07, 6.45) is 2.00. The maximum Gasteiger partial charge on any atom is 0.145 e. The van der Waals surface area contributed by atoms with Crippen LogP contribution in [0.4, 0.5) is 0 Å². The molecule has 21 heavy (non-hydrogen) atoms. The van der Waals surface area contributed by atoms with E-state index in [0.29, 0.717) is 0 Å². The van der Waals surface area contributed by atoms with Crippen molar-refractivity contribution >= 4 is 35.2 Å². The molecule has 0 N–H and O–H groups in total.